The van der Waals surface area contributed by atoms with Crippen molar-refractivity contribution in [3.8, 4) is 11.3 Å². The number of furan rings is 1. The minimum atomic E-state index is -0.972. The van der Waals surface area contributed by atoms with Gasteiger partial charge in [-0.3, -0.25) is 0 Å². The normalized spacial score (nSPS) is 11.5. The molecule has 0 unspecified atom stereocenters. The Bertz CT molecular complexity index is 550. The lowest BCUT2D eigenvalue weighted by atomic mass is 10.2. The monoisotopic (exact) mass is 228 g/mol. The Labute approximate surface area is 99.0 Å². The Morgan fingerprint density at radius 1 is 1.18 bits per heavy atom. The number of carboxylic acids is 1. The van der Waals surface area contributed by atoms with Gasteiger partial charge >= 0.3 is 5.97 Å². The average Bonchev–Trinajstić information content (AvgIpc) is 2.78. The van der Waals surface area contributed by atoms with Crippen molar-refractivity contribution >= 4 is 11.5 Å². The highest BCUT2D eigenvalue weighted by molar-refractivity contribution is 5.88. The predicted octanol–water partition coefficient (Wildman–Crippen LogP) is 3.43. The molecule has 1 heterocycles. The zero-order valence-corrected chi connectivity index (χ0v) is 9.38. The van der Waals surface area contributed by atoms with Crippen molar-refractivity contribution in [2.45, 2.75) is 6.92 Å². The first kappa shape index (κ1) is 11.2. The molecule has 0 saturated carbocycles. The summed E-state index contributed by atoms with van der Waals surface area (Å²) in [6.07, 6.45) is 1.13. The third-order valence-corrected chi connectivity index (χ3v) is 2.39. The Balaban J connectivity index is 2.31. The third-order valence-electron chi connectivity index (χ3n) is 2.39. The molecule has 0 radical (unpaired) electrons. The quantitative estimate of drug-likeness (QED) is 0.819. The van der Waals surface area contributed by atoms with Crippen LogP contribution in [0.5, 0.6) is 0 Å². The molecule has 3 heteroatoms. The van der Waals surface area contributed by atoms with E-state index in [1.165, 1.54) is 0 Å². The molecular formula is C14H12O3. The maximum absolute atomic E-state index is 10.5. The molecule has 0 fully saturated rings. The predicted molar refractivity (Wildman–Crippen MR) is 65.4 cm³/mol. The molecule has 1 aromatic carbocycles. The molecule has 1 N–H and O–H groups in total. The van der Waals surface area contributed by atoms with Gasteiger partial charge in [-0.05, 0) is 24.6 Å². The SMILES string of the molecule is C/C(=C\C(=O)O)c1ccc(-c2ccccc2)o1. The third kappa shape index (κ3) is 2.64. The summed E-state index contributed by atoms with van der Waals surface area (Å²) in [5.41, 5.74) is 1.57. The van der Waals surface area contributed by atoms with Gasteiger partial charge in [0.25, 0.3) is 0 Å². The second-order valence-electron chi connectivity index (χ2n) is 3.70. The van der Waals surface area contributed by atoms with Gasteiger partial charge in [-0.2, -0.15) is 0 Å². The Kier molecular flexibility index (Phi) is 3.10. The molecule has 86 valence electrons. The molecule has 2 rings (SSSR count). The zero-order chi connectivity index (χ0) is 12.3. The number of aliphatic carboxylic acids is 1. The van der Waals surface area contributed by atoms with E-state index in [1.54, 1.807) is 13.0 Å². The topological polar surface area (TPSA) is 50.4 Å². The van der Waals surface area contributed by atoms with Crippen molar-refractivity contribution in [1.82, 2.24) is 0 Å². The number of allylic oxidation sites excluding steroid dienone is 1. The number of hydrogen-bond acceptors (Lipinski definition) is 2. The van der Waals surface area contributed by atoms with E-state index in [0.29, 0.717) is 11.3 Å². The highest BCUT2D eigenvalue weighted by Gasteiger charge is 2.06. The first-order chi connectivity index (χ1) is 8.16. The number of carboxylic acid groups (broad SMARTS) is 1. The molecule has 0 aliphatic rings. The summed E-state index contributed by atoms with van der Waals surface area (Å²) < 4.78 is 5.60. The minimum Gasteiger partial charge on any atom is -0.478 e. The highest BCUT2D eigenvalue weighted by atomic mass is 16.4. The van der Waals surface area contributed by atoms with Crippen LogP contribution in [0.3, 0.4) is 0 Å². The molecule has 17 heavy (non-hydrogen) atoms. The molecule has 0 atom stereocenters. The summed E-state index contributed by atoms with van der Waals surface area (Å²) in [7, 11) is 0. The number of hydrogen-bond donors (Lipinski definition) is 1. The summed E-state index contributed by atoms with van der Waals surface area (Å²) in [6, 6.07) is 13.3. The standard InChI is InChI=1S/C14H12O3/c1-10(9-14(15)16)12-7-8-13(17-12)11-5-3-2-4-6-11/h2-9H,1H3,(H,15,16)/b10-9+. The van der Waals surface area contributed by atoms with Gasteiger partial charge in [0.2, 0.25) is 0 Å². The maximum atomic E-state index is 10.5. The van der Waals surface area contributed by atoms with Gasteiger partial charge in [-0.25, -0.2) is 4.79 Å². The fraction of sp³-hybridized carbons (Fsp3) is 0.0714. The molecule has 2 aromatic rings. The van der Waals surface area contributed by atoms with Gasteiger partial charge in [-0.15, -0.1) is 0 Å². The Hall–Kier alpha value is -2.29. The minimum absolute atomic E-state index is 0.575. The molecule has 0 saturated heterocycles. The van der Waals surface area contributed by atoms with Crippen molar-refractivity contribution in [1.29, 1.82) is 0 Å². The van der Waals surface area contributed by atoms with E-state index >= 15 is 0 Å². The van der Waals surface area contributed by atoms with Crippen LogP contribution in [-0.2, 0) is 4.79 Å². The molecule has 0 amide bonds. The van der Waals surface area contributed by atoms with Gasteiger partial charge < -0.3 is 9.52 Å². The second kappa shape index (κ2) is 4.70. The Morgan fingerprint density at radius 3 is 2.53 bits per heavy atom. The van der Waals surface area contributed by atoms with Crippen LogP contribution in [-0.4, -0.2) is 11.1 Å². The van der Waals surface area contributed by atoms with E-state index in [-0.39, 0.29) is 0 Å². The molecular weight excluding hydrogens is 216 g/mol. The van der Waals surface area contributed by atoms with E-state index in [0.717, 1.165) is 17.4 Å². The summed E-state index contributed by atoms with van der Waals surface area (Å²) in [6.45, 7) is 1.71. The zero-order valence-electron chi connectivity index (χ0n) is 9.38. The van der Waals surface area contributed by atoms with Crippen molar-refractivity contribution in [3.05, 3.63) is 54.3 Å². The van der Waals surface area contributed by atoms with E-state index in [2.05, 4.69) is 0 Å². The van der Waals surface area contributed by atoms with Crippen molar-refractivity contribution < 1.29 is 14.3 Å². The van der Waals surface area contributed by atoms with E-state index in [9.17, 15) is 4.79 Å². The summed E-state index contributed by atoms with van der Waals surface area (Å²) >= 11 is 0. The molecule has 0 aliphatic heterocycles. The van der Waals surface area contributed by atoms with Gasteiger partial charge in [-0.1, -0.05) is 30.3 Å². The van der Waals surface area contributed by atoms with Gasteiger partial charge in [0.1, 0.15) is 11.5 Å². The van der Waals surface area contributed by atoms with E-state index in [4.69, 9.17) is 9.52 Å². The van der Waals surface area contributed by atoms with Gasteiger partial charge in [0.15, 0.2) is 0 Å². The lowest BCUT2D eigenvalue weighted by Gasteiger charge is -1.97. The van der Waals surface area contributed by atoms with Crippen LogP contribution in [0.25, 0.3) is 16.9 Å². The lowest BCUT2D eigenvalue weighted by Crippen LogP contribution is -1.88. The lowest BCUT2D eigenvalue weighted by molar-refractivity contribution is -0.131. The van der Waals surface area contributed by atoms with Crippen LogP contribution < -0.4 is 0 Å². The van der Waals surface area contributed by atoms with Crippen LogP contribution in [0.4, 0.5) is 0 Å². The molecule has 1 aromatic heterocycles. The number of benzene rings is 1. The Morgan fingerprint density at radius 2 is 1.88 bits per heavy atom. The summed E-state index contributed by atoms with van der Waals surface area (Å²) in [5, 5.41) is 8.65. The van der Waals surface area contributed by atoms with Crippen LogP contribution in [0.2, 0.25) is 0 Å². The molecule has 0 bridgehead atoms. The highest BCUT2D eigenvalue weighted by Crippen LogP contribution is 2.25. The van der Waals surface area contributed by atoms with E-state index < -0.39 is 5.97 Å². The first-order valence-corrected chi connectivity index (χ1v) is 5.23. The maximum Gasteiger partial charge on any atom is 0.328 e. The summed E-state index contributed by atoms with van der Waals surface area (Å²) in [5.74, 6) is 0.338. The average molecular weight is 228 g/mol. The van der Waals surface area contributed by atoms with Crippen LogP contribution in [0.1, 0.15) is 12.7 Å². The van der Waals surface area contributed by atoms with Crippen molar-refractivity contribution in [2.75, 3.05) is 0 Å². The molecule has 0 aliphatic carbocycles. The first-order valence-electron chi connectivity index (χ1n) is 5.23. The van der Waals surface area contributed by atoms with Gasteiger partial charge in [0, 0.05) is 11.6 Å². The molecule has 3 nitrogen and oxygen atoms in total. The fourth-order valence-electron chi connectivity index (χ4n) is 1.56. The van der Waals surface area contributed by atoms with Crippen molar-refractivity contribution in [3.63, 3.8) is 0 Å². The van der Waals surface area contributed by atoms with Crippen LogP contribution >= 0.6 is 0 Å². The van der Waals surface area contributed by atoms with Gasteiger partial charge in [0.05, 0.1) is 0 Å². The van der Waals surface area contributed by atoms with Crippen LogP contribution in [0.15, 0.2) is 53.0 Å². The van der Waals surface area contributed by atoms with E-state index in [1.807, 2.05) is 36.4 Å². The number of rotatable bonds is 3. The van der Waals surface area contributed by atoms with Crippen molar-refractivity contribution in [2.24, 2.45) is 0 Å². The number of carbonyl (C=O) groups is 1. The largest absolute Gasteiger partial charge is 0.478 e. The molecule has 0 spiro atoms. The van der Waals surface area contributed by atoms with Crippen LogP contribution in [0, 0.1) is 0 Å². The summed E-state index contributed by atoms with van der Waals surface area (Å²) in [4.78, 5) is 10.5. The smallest absolute Gasteiger partial charge is 0.328 e. The second-order valence-corrected chi connectivity index (χ2v) is 3.70. The fourth-order valence-corrected chi connectivity index (χ4v) is 1.56.